The molecule has 1 aliphatic carbocycles. The van der Waals surface area contributed by atoms with Crippen molar-refractivity contribution in [1.82, 2.24) is 0 Å². The molecule has 0 heterocycles. The van der Waals surface area contributed by atoms with Crippen LogP contribution in [0.3, 0.4) is 0 Å². The number of Topliss-reactive ketones (excluding diaryl/α,β-unsaturated/α-hetero) is 1. The van der Waals surface area contributed by atoms with Crippen molar-refractivity contribution in [2.24, 2.45) is 0 Å². The van der Waals surface area contributed by atoms with Crippen LogP contribution in [0.25, 0.3) is 0 Å². The lowest BCUT2D eigenvalue weighted by molar-refractivity contribution is -0.140. The number of carbonyl (C=O) groups excluding carboxylic acids is 3. The number of rotatable bonds is 13. The number of unbranched alkanes of at least 4 members (excludes halogenated alkanes) is 5. The molecule has 0 saturated carbocycles. The number of esters is 1. The summed E-state index contributed by atoms with van der Waals surface area (Å²) in [6.45, 7) is 2.09. The second kappa shape index (κ2) is 12.6. The highest BCUT2D eigenvalue weighted by molar-refractivity contribution is 6.00. The maximum absolute atomic E-state index is 12.1. The van der Waals surface area contributed by atoms with Gasteiger partial charge >= 0.3 is 5.97 Å². The normalized spacial score (nSPS) is 17.3. The van der Waals surface area contributed by atoms with Gasteiger partial charge in [0.1, 0.15) is 0 Å². The zero-order chi connectivity index (χ0) is 19.4. The highest BCUT2D eigenvalue weighted by Crippen LogP contribution is 2.29. The first-order chi connectivity index (χ1) is 12.5. The second-order valence-corrected chi connectivity index (χ2v) is 6.82. The minimum absolute atomic E-state index is 0.0230. The molecule has 1 rings (SSSR count). The fourth-order valence-electron chi connectivity index (χ4n) is 3.11. The van der Waals surface area contributed by atoms with Crippen LogP contribution in [0.5, 0.6) is 0 Å². The molecule has 1 atom stereocenters. The molecule has 1 aliphatic rings. The Labute approximate surface area is 156 Å². The molecule has 0 radical (unpaired) electrons. The molecule has 26 heavy (non-hydrogen) atoms. The average molecular weight is 364 g/mol. The van der Waals surface area contributed by atoms with Crippen molar-refractivity contribution in [1.29, 1.82) is 0 Å². The van der Waals surface area contributed by atoms with Crippen molar-refractivity contribution in [3.63, 3.8) is 0 Å². The van der Waals surface area contributed by atoms with E-state index in [-0.39, 0.29) is 24.0 Å². The van der Waals surface area contributed by atoms with Gasteiger partial charge in [-0.1, -0.05) is 38.7 Å². The number of ether oxygens (including phenoxy) is 1. The van der Waals surface area contributed by atoms with Gasteiger partial charge in [0.25, 0.3) is 0 Å². The summed E-state index contributed by atoms with van der Waals surface area (Å²) in [5, 5.41) is 10.1. The van der Waals surface area contributed by atoms with Crippen molar-refractivity contribution < 1.29 is 24.2 Å². The average Bonchev–Trinajstić information content (AvgIpc) is 2.89. The molecule has 1 N–H and O–H groups in total. The van der Waals surface area contributed by atoms with Gasteiger partial charge in [-0.15, -0.1) is 0 Å². The van der Waals surface area contributed by atoms with E-state index in [2.05, 4.69) is 11.7 Å². The Balaban J connectivity index is 2.48. The maximum Gasteiger partial charge on any atom is 0.305 e. The lowest BCUT2D eigenvalue weighted by Gasteiger charge is -2.06. The molecule has 0 aliphatic heterocycles. The molecule has 146 valence electrons. The van der Waals surface area contributed by atoms with Gasteiger partial charge in [-0.25, -0.2) is 0 Å². The summed E-state index contributed by atoms with van der Waals surface area (Å²) in [6.07, 6.45) is 10.4. The van der Waals surface area contributed by atoms with E-state index in [0.29, 0.717) is 30.4 Å². The minimum atomic E-state index is -0.795. The van der Waals surface area contributed by atoms with Gasteiger partial charge in [0.05, 0.1) is 13.2 Å². The SMILES string of the molecule is CCCCCC(=O)C=CC1=C(CCCCCCC(=O)OC)C(=O)CC1O. The van der Waals surface area contributed by atoms with E-state index < -0.39 is 6.10 Å². The minimum Gasteiger partial charge on any atom is -0.469 e. The smallest absolute Gasteiger partial charge is 0.305 e. The van der Waals surface area contributed by atoms with E-state index in [9.17, 15) is 19.5 Å². The summed E-state index contributed by atoms with van der Waals surface area (Å²) >= 11 is 0. The molecule has 0 bridgehead atoms. The van der Waals surface area contributed by atoms with Crippen LogP contribution in [0, 0.1) is 0 Å². The molecular formula is C21H32O5. The maximum atomic E-state index is 12.1. The van der Waals surface area contributed by atoms with Crippen LogP contribution in [0.4, 0.5) is 0 Å². The molecule has 0 fully saturated rings. The van der Waals surface area contributed by atoms with E-state index in [1.54, 1.807) is 6.08 Å². The van der Waals surface area contributed by atoms with Gasteiger partial charge in [0.15, 0.2) is 11.6 Å². The molecule has 0 spiro atoms. The molecular weight excluding hydrogens is 332 g/mol. The summed E-state index contributed by atoms with van der Waals surface area (Å²) in [5.41, 5.74) is 1.26. The summed E-state index contributed by atoms with van der Waals surface area (Å²) in [5.74, 6) is -0.178. The first kappa shape index (κ1) is 22.3. The number of allylic oxidation sites excluding steroid dienone is 2. The molecule has 5 nitrogen and oxygen atoms in total. The standard InChI is InChI=1S/C21H32O5/c1-3-4-7-10-16(22)13-14-18-17(19(23)15-20(18)24)11-8-5-6-9-12-21(25)26-2/h13-14,20,24H,3-12,15H2,1-2H3. The molecule has 0 amide bonds. The number of ketones is 2. The van der Waals surface area contributed by atoms with Gasteiger partial charge in [-0.2, -0.15) is 0 Å². The van der Waals surface area contributed by atoms with Gasteiger partial charge in [0.2, 0.25) is 0 Å². The molecule has 5 heteroatoms. The van der Waals surface area contributed by atoms with Crippen molar-refractivity contribution in [2.75, 3.05) is 7.11 Å². The Hall–Kier alpha value is -1.75. The van der Waals surface area contributed by atoms with Crippen LogP contribution in [0.15, 0.2) is 23.3 Å². The van der Waals surface area contributed by atoms with Crippen molar-refractivity contribution in [3.05, 3.63) is 23.3 Å². The lowest BCUT2D eigenvalue weighted by Crippen LogP contribution is -2.05. The summed E-state index contributed by atoms with van der Waals surface area (Å²) in [6, 6.07) is 0. The van der Waals surface area contributed by atoms with Crippen LogP contribution in [-0.4, -0.2) is 35.9 Å². The topological polar surface area (TPSA) is 80.7 Å². The molecule has 0 aromatic heterocycles. The Bertz CT molecular complexity index is 545. The monoisotopic (exact) mass is 364 g/mol. The Kier molecular flexibility index (Phi) is 10.8. The van der Waals surface area contributed by atoms with Crippen LogP contribution >= 0.6 is 0 Å². The summed E-state index contributed by atoms with van der Waals surface area (Å²) < 4.78 is 4.60. The largest absolute Gasteiger partial charge is 0.469 e. The van der Waals surface area contributed by atoms with Gasteiger partial charge in [-0.3, -0.25) is 14.4 Å². The number of hydrogen-bond acceptors (Lipinski definition) is 5. The van der Waals surface area contributed by atoms with Crippen molar-refractivity contribution >= 4 is 17.5 Å². The number of aliphatic hydroxyl groups is 1. The van der Waals surface area contributed by atoms with Crippen LogP contribution in [-0.2, 0) is 19.1 Å². The fourth-order valence-corrected chi connectivity index (χ4v) is 3.11. The summed E-state index contributed by atoms with van der Waals surface area (Å²) in [7, 11) is 1.38. The quantitative estimate of drug-likeness (QED) is 0.305. The fraction of sp³-hybridized carbons (Fsp3) is 0.667. The number of aliphatic hydroxyl groups excluding tert-OH is 1. The number of hydrogen-bond donors (Lipinski definition) is 1. The first-order valence-electron chi connectivity index (χ1n) is 9.71. The summed E-state index contributed by atoms with van der Waals surface area (Å²) in [4.78, 5) is 35.0. The third-order valence-corrected chi connectivity index (χ3v) is 4.68. The zero-order valence-electron chi connectivity index (χ0n) is 16.1. The van der Waals surface area contributed by atoms with Crippen LogP contribution < -0.4 is 0 Å². The second-order valence-electron chi connectivity index (χ2n) is 6.82. The van der Waals surface area contributed by atoms with Crippen molar-refractivity contribution in [3.8, 4) is 0 Å². The predicted molar refractivity (Wildman–Crippen MR) is 101 cm³/mol. The molecule has 0 saturated heterocycles. The Morgan fingerprint density at radius 3 is 2.50 bits per heavy atom. The third kappa shape index (κ3) is 8.09. The number of methoxy groups -OCH3 is 1. The Morgan fingerprint density at radius 2 is 1.81 bits per heavy atom. The lowest BCUT2D eigenvalue weighted by atomic mass is 10.0. The predicted octanol–water partition coefficient (Wildman–Crippen LogP) is 3.84. The van der Waals surface area contributed by atoms with Crippen molar-refractivity contribution in [2.45, 2.75) is 83.7 Å². The van der Waals surface area contributed by atoms with Crippen LogP contribution in [0.2, 0.25) is 0 Å². The highest BCUT2D eigenvalue weighted by atomic mass is 16.5. The zero-order valence-corrected chi connectivity index (χ0v) is 16.1. The molecule has 0 aromatic rings. The highest BCUT2D eigenvalue weighted by Gasteiger charge is 2.28. The van der Waals surface area contributed by atoms with Gasteiger partial charge < -0.3 is 9.84 Å². The third-order valence-electron chi connectivity index (χ3n) is 4.68. The van der Waals surface area contributed by atoms with Gasteiger partial charge in [-0.05, 0) is 37.3 Å². The van der Waals surface area contributed by atoms with E-state index >= 15 is 0 Å². The van der Waals surface area contributed by atoms with E-state index in [4.69, 9.17) is 0 Å². The van der Waals surface area contributed by atoms with E-state index in [1.165, 1.54) is 13.2 Å². The van der Waals surface area contributed by atoms with E-state index in [0.717, 1.165) is 44.9 Å². The Morgan fingerprint density at radius 1 is 1.12 bits per heavy atom. The molecule has 1 unspecified atom stereocenters. The van der Waals surface area contributed by atoms with Crippen LogP contribution in [0.1, 0.15) is 77.6 Å². The molecule has 0 aromatic carbocycles. The first-order valence-corrected chi connectivity index (χ1v) is 9.71. The van der Waals surface area contributed by atoms with E-state index in [1.807, 2.05) is 0 Å². The van der Waals surface area contributed by atoms with Gasteiger partial charge in [0, 0.05) is 24.8 Å². The number of carbonyl (C=O) groups is 3.